The van der Waals surface area contributed by atoms with E-state index in [-0.39, 0.29) is 11.9 Å². The molecule has 1 atom stereocenters. The number of nitrogens with one attached hydrogen (secondary N) is 1. The predicted molar refractivity (Wildman–Crippen MR) is 60.5 cm³/mol. The van der Waals surface area contributed by atoms with Crippen molar-refractivity contribution in [3.8, 4) is 5.88 Å². The van der Waals surface area contributed by atoms with E-state index in [9.17, 15) is 4.79 Å². The predicted octanol–water partition coefficient (Wildman–Crippen LogP) is 0.733. The van der Waals surface area contributed by atoms with Crippen LogP contribution in [0.4, 0.5) is 5.69 Å². The number of carbonyl (C=O) groups is 1. The highest BCUT2D eigenvalue weighted by Crippen LogP contribution is 2.18. The van der Waals surface area contributed by atoms with Gasteiger partial charge >= 0.3 is 0 Å². The van der Waals surface area contributed by atoms with Crippen LogP contribution in [0.3, 0.4) is 0 Å². The van der Waals surface area contributed by atoms with Gasteiger partial charge in [0.25, 0.3) is 0 Å². The topological polar surface area (TPSA) is 54.5 Å². The summed E-state index contributed by atoms with van der Waals surface area (Å²) in [4.78, 5) is 17.4. The number of carbonyl (C=O) groups excluding carboxylic acids is 1. The molecule has 5 heteroatoms. The van der Waals surface area contributed by atoms with Crippen molar-refractivity contribution < 1.29 is 9.53 Å². The second-order valence-corrected chi connectivity index (χ2v) is 3.83. The number of methoxy groups -OCH3 is 1. The summed E-state index contributed by atoms with van der Waals surface area (Å²) in [6.45, 7) is 0.804. The van der Waals surface area contributed by atoms with Gasteiger partial charge in [-0.2, -0.15) is 0 Å². The number of anilines is 1. The van der Waals surface area contributed by atoms with Crippen LogP contribution in [0, 0.1) is 0 Å². The Morgan fingerprint density at radius 3 is 3.06 bits per heavy atom. The fourth-order valence-electron chi connectivity index (χ4n) is 1.77. The standard InChI is InChI=1S/C11H15N3O2/c1-14-6-4-9(11(14)15)13-8-3-5-12-10(7-8)16-2/h3,5,7,9H,4,6H2,1-2H3,(H,12,13). The van der Waals surface area contributed by atoms with E-state index in [0.29, 0.717) is 5.88 Å². The molecule has 0 spiro atoms. The zero-order valence-electron chi connectivity index (χ0n) is 9.43. The molecule has 2 heterocycles. The highest BCUT2D eigenvalue weighted by Gasteiger charge is 2.28. The van der Waals surface area contributed by atoms with Gasteiger partial charge in [-0.3, -0.25) is 4.79 Å². The zero-order valence-corrected chi connectivity index (χ0v) is 9.43. The van der Waals surface area contributed by atoms with Gasteiger partial charge in [-0.05, 0) is 12.5 Å². The maximum atomic E-state index is 11.7. The van der Waals surface area contributed by atoms with Gasteiger partial charge in [-0.25, -0.2) is 4.98 Å². The molecular weight excluding hydrogens is 206 g/mol. The van der Waals surface area contributed by atoms with Crippen LogP contribution in [0.5, 0.6) is 5.88 Å². The highest BCUT2D eigenvalue weighted by molar-refractivity contribution is 5.86. The summed E-state index contributed by atoms with van der Waals surface area (Å²) in [5.74, 6) is 0.680. The van der Waals surface area contributed by atoms with Gasteiger partial charge < -0.3 is 15.0 Å². The first kappa shape index (κ1) is 10.7. The third-order valence-corrected chi connectivity index (χ3v) is 2.71. The van der Waals surface area contributed by atoms with E-state index in [4.69, 9.17) is 4.74 Å². The number of aromatic nitrogens is 1. The SMILES string of the molecule is COc1cc(NC2CCN(C)C2=O)ccn1. The zero-order chi connectivity index (χ0) is 11.5. The molecule has 1 aromatic rings. The van der Waals surface area contributed by atoms with Crippen molar-refractivity contribution in [1.29, 1.82) is 0 Å². The molecule has 1 unspecified atom stereocenters. The minimum absolute atomic E-state index is 0.128. The molecule has 1 fully saturated rings. The van der Waals surface area contributed by atoms with Crippen molar-refractivity contribution in [2.24, 2.45) is 0 Å². The van der Waals surface area contributed by atoms with Crippen LogP contribution in [-0.2, 0) is 4.79 Å². The van der Waals surface area contributed by atoms with Gasteiger partial charge in [0.1, 0.15) is 6.04 Å². The lowest BCUT2D eigenvalue weighted by atomic mass is 10.2. The van der Waals surface area contributed by atoms with Crippen LogP contribution in [0.1, 0.15) is 6.42 Å². The summed E-state index contributed by atoms with van der Waals surface area (Å²) in [6.07, 6.45) is 2.49. The lowest BCUT2D eigenvalue weighted by molar-refractivity contribution is -0.127. The molecule has 5 nitrogen and oxygen atoms in total. The number of hydrogen-bond donors (Lipinski definition) is 1. The molecule has 0 radical (unpaired) electrons. The molecule has 0 aliphatic carbocycles. The molecule has 86 valence electrons. The molecule has 1 aliphatic heterocycles. The van der Waals surface area contributed by atoms with Crippen molar-refractivity contribution in [3.05, 3.63) is 18.3 Å². The number of likely N-dealkylation sites (N-methyl/N-ethyl adjacent to an activating group) is 1. The summed E-state index contributed by atoms with van der Waals surface area (Å²) in [5.41, 5.74) is 0.862. The lowest BCUT2D eigenvalue weighted by Crippen LogP contribution is -2.30. The number of likely N-dealkylation sites (tertiary alicyclic amines) is 1. The summed E-state index contributed by atoms with van der Waals surface area (Å²) in [7, 11) is 3.39. The molecule has 0 bridgehead atoms. The largest absolute Gasteiger partial charge is 0.481 e. The Morgan fingerprint density at radius 2 is 2.44 bits per heavy atom. The Hall–Kier alpha value is -1.78. The molecule has 16 heavy (non-hydrogen) atoms. The number of hydrogen-bond acceptors (Lipinski definition) is 4. The minimum atomic E-state index is -0.128. The molecule has 0 aromatic carbocycles. The van der Waals surface area contributed by atoms with Gasteiger partial charge in [0.15, 0.2) is 0 Å². The molecule has 1 amide bonds. The van der Waals surface area contributed by atoms with Crippen LogP contribution in [0.25, 0.3) is 0 Å². The Kier molecular flexibility index (Phi) is 2.94. The molecule has 1 aromatic heterocycles. The van der Waals surface area contributed by atoms with E-state index in [1.807, 2.05) is 13.1 Å². The number of pyridine rings is 1. The second kappa shape index (κ2) is 4.38. The molecule has 1 aliphatic rings. The summed E-state index contributed by atoms with van der Waals surface area (Å²) >= 11 is 0. The third kappa shape index (κ3) is 2.08. The van der Waals surface area contributed by atoms with Gasteiger partial charge in [0.2, 0.25) is 11.8 Å². The first-order valence-electron chi connectivity index (χ1n) is 5.22. The Bertz CT molecular complexity index is 395. The molecule has 1 saturated heterocycles. The normalized spacial score (nSPS) is 20.0. The van der Waals surface area contributed by atoms with Crippen molar-refractivity contribution >= 4 is 11.6 Å². The van der Waals surface area contributed by atoms with E-state index in [2.05, 4.69) is 10.3 Å². The number of ether oxygens (including phenoxy) is 1. The average molecular weight is 221 g/mol. The summed E-state index contributed by atoms with van der Waals surface area (Å²) in [6, 6.07) is 3.48. The van der Waals surface area contributed by atoms with Crippen molar-refractivity contribution in [2.75, 3.05) is 26.0 Å². The number of nitrogens with zero attached hydrogens (tertiary/aromatic N) is 2. The van der Waals surface area contributed by atoms with Crippen LogP contribution in [0.15, 0.2) is 18.3 Å². The first-order chi connectivity index (χ1) is 7.70. The summed E-state index contributed by atoms with van der Waals surface area (Å²) < 4.78 is 5.02. The Balaban J connectivity index is 2.06. The smallest absolute Gasteiger partial charge is 0.244 e. The van der Waals surface area contributed by atoms with Crippen molar-refractivity contribution in [1.82, 2.24) is 9.88 Å². The molecule has 2 rings (SSSR count). The second-order valence-electron chi connectivity index (χ2n) is 3.83. The molecular formula is C11H15N3O2. The average Bonchev–Trinajstić information content (AvgIpc) is 2.61. The van der Waals surface area contributed by atoms with Crippen LogP contribution in [-0.4, -0.2) is 42.5 Å². The van der Waals surface area contributed by atoms with Crippen molar-refractivity contribution in [3.63, 3.8) is 0 Å². The Morgan fingerprint density at radius 1 is 1.62 bits per heavy atom. The number of rotatable bonds is 3. The van der Waals surface area contributed by atoms with E-state index in [0.717, 1.165) is 18.7 Å². The van der Waals surface area contributed by atoms with Crippen LogP contribution < -0.4 is 10.1 Å². The fraction of sp³-hybridized carbons (Fsp3) is 0.455. The van der Waals surface area contributed by atoms with Crippen LogP contribution in [0.2, 0.25) is 0 Å². The minimum Gasteiger partial charge on any atom is -0.481 e. The maximum Gasteiger partial charge on any atom is 0.244 e. The fourth-order valence-corrected chi connectivity index (χ4v) is 1.77. The van der Waals surface area contributed by atoms with E-state index in [1.54, 1.807) is 24.3 Å². The van der Waals surface area contributed by atoms with E-state index in [1.165, 1.54) is 0 Å². The quantitative estimate of drug-likeness (QED) is 0.817. The van der Waals surface area contributed by atoms with Gasteiger partial charge in [-0.15, -0.1) is 0 Å². The van der Waals surface area contributed by atoms with Gasteiger partial charge in [0, 0.05) is 31.5 Å². The molecule has 0 saturated carbocycles. The Labute approximate surface area is 94.4 Å². The third-order valence-electron chi connectivity index (χ3n) is 2.71. The maximum absolute atomic E-state index is 11.7. The highest BCUT2D eigenvalue weighted by atomic mass is 16.5. The first-order valence-corrected chi connectivity index (χ1v) is 5.22. The van der Waals surface area contributed by atoms with E-state index < -0.39 is 0 Å². The monoisotopic (exact) mass is 221 g/mol. The molecule has 1 N–H and O–H groups in total. The van der Waals surface area contributed by atoms with E-state index >= 15 is 0 Å². The number of amides is 1. The van der Waals surface area contributed by atoms with Crippen molar-refractivity contribution in [2.45, 2.75) is 12.5 Å². The van der Waals surface area contributed by atoms with Gasteiger partial charge in [0.05, 0.1) is 7.11 Å². The van der Waals surface area contributed by atoms with Crippen LogP contribution >= 0.6 is 0 Å². The summed E-state index contributed by atoms with van der Waals surface area (Å²) in [5, 5.41) is 3.18. The van der Waals surface area contributed by atoms with Gasteiger partial charge in [-0.1, -0.05) is 0 Å². The lowest BCUT2D eigenvalue weighted by Gasteiger charge is -2.13.